The zero-order chi connectivity index (χ0) is 36.8. The van der Waals surface area contributed by atoms with E-state index in [0.717, 1.165) is 6.07 Å². The molecule has 1 saturated heterocycles. The summed E-state index contributed by atoms with van der Waals surface area (Å²) < 4.78 is 132. The van der Waals surface area contributed by atoms with E-state index in [1.54, 1.807) is 6.07 Å². The van der Waals surface area contributed by atoms with Crippen molar-refractivity contribution in [2.45, 2.75) is 41.4 Å². The number of nitriles is 2. The number of nitrogens with one attached hydrogen (secondary N) is 2. The van der Waals surface area contributed by atoms with Crippen LogP contribution in [0, 0.1) is 22.7 Å². The van der Waals surface area contributed by atoms with Crippen molar-refractivity contribution >= 4 is 43.7 Å². The average molecular weight is 743 g/mol. The molecule has 1 fully saturated rings. The molecule has 262 valence electrons. The summed E-state index contributed by atoms with van der Waals surface area (Å²) >= 11 is 0. The minimum Gasteiger partial charge on any atom is -0.344 e. The van der Waals surface area contributed by atoms with E-state index in [1.165, 1.54) is 42.5 Å². The van der Waals surface area contributed by atoms with Gasteiger partial charge in [-0.3, -0.25) is 18.6 Å². The fourth-order valence-electron chi connectivity index (χ4n) is 5.12. The van der Waals surface area contributed by atoms with Crippen LogP contribution in [0.15, 0.2) is 65.6 Å². The molecule has 0 radical (unpaired) electrons. The number of aromatic amines is 1. The van der Waals surface area contributed by atoms with Crippen LogP contribution in [0.5, 0.6) is 0 Å². The number of amides is 1. The maximum absolute atomic E-state index is 14.0. The summed E-state index contributed by atoms with van der Waals surface area (Å²) in [7, 11) is -9.42. The van der Waals surface area contributed by atoms with E-state index >= 15 is 0 Å². The largest absolute Gasteiger partial charge is 0.492 e. The molecule has 3 aromatic carbocycles. The molecule has 1 aliphatic heterocycles. The number of nitrogens with zero attached hydrogens (tertiary/aromatic N) is 4. The Hall–Kier alpha value is -5.19. The van der Waals surface area contributed by atoms with Gasteiger partial charge >= 0.3 is 18.3 Å². The van der Waals surface area contributed by atoms with Gasteiger partial charge in [0.05, 0.1) is 51.2 Å². The molecular weight excluding hydrogens is 722 g/mol. The number of imidazole rings is 1. The van der Waals surface area contributed by atoms with Crippen molar-refractivity contribution in [3.63, 3.8) is 0 Å². The van der Waals surface area contributed by atoms with Crippen molar-refractivity contribution in [2.24, 2.45) is 0 Å². The third kappa shape index (κ3) is 7.08. The van der Waals surface area contributed by atoms with E-state index < -0.39 is 95.5 Å². The van der Waals surface area contributed by atoms with E-state index in [4.69, 9.17) is 5.26 Å². The van der Waals surface area contributed by atoms with Crippen LogP contribution in [-0.4, -0.2) is 50.0 Å². The standard InChI is InChI=1S/C29H20F6N6O7S2/c30-28(31,32)20-11-18(7-6-16(20)13-36)50(46,47)41(48-27(43)29(33,34)35)23(26-38-21-3-1-2-4-22(21)39-26)10-15-5-8-19(17(9-15)14-37)24-12-25(42)40-49(24,44)45/h1-9,11,23-24,44-45H,10,12H2,(H,38,39)(H,40,42)/t23-,24?/m0/s1. The molecule has 1 amide bonds. The number of hydrogen-bond acceptors (Lipinski definition) is 10. The maximum atomic E-state index is 14.0. The number of hydroxylamine groups is 1. The van der Waals surface area contributed by atoms with Crippen molar-refractivity contribution in [3.8, 4) is 12.1 Å². The van der Waals surface area contributed by atoms with Crippen LogP contribution in [0.4, 0.5) is 26.3 Å². The molecule has 0 spiro atoms. The monoisotopic (exact) mass is 742 g/mol. The number of aromatic nitrogens is 2. The number of halogens is 6. The number of alkyl halides is 6. The Bertz CT molecular complexity index is 2180. The molecule has 4 N–H and O–H groups in total. The number of carbonyl (C=O) groups excluding carboxylic acids is 2. The number of H-pyrrole nitrogens is 1. The Balaban J connectivity index is 1.70. The van der Waals surface area contributed by atoms with E-state index in [1.807, 2.05) is 4.72 Å². The van der Waals surface area contributed by atoms with Crippen LogP contribution in [0.1, 0.15) is 51.4 Å². The van der Waals surface area contributed by atoms with Gasteiger partial charge in [0.15, 0.2) is 0 Å². The van der Waals surface area contributed by atoms with Gasteiger partial charge in [-0.15, -0.1) is 10.8 Å². The Morgan fingerprint density at radius 2 is 1.72 bits per heavy atom. The van der Waals surface area contributed by atoms with Gasteiger partial charge in [0, 0.05) is 0 Å². The lowest BCUT2D eigenvalue weighted by molar-refractivity contribution is -0.227. The van der Waals surface area contributed by atoms with Crippen LogP contribution < -0.4 is 4.72 Å². The first-order valence-corrected chi connectivity index (χ1v) is 16.8. The van der Waals surface area contributed by atoms with Gasteiger partial charge < -0.3 is 9.82 Å². The molecule has 21 heteroatoms. The molecule has 4 aromatic rings. The highest BCUT2D eigenvalue weighted by atomic mass is 32.3. The number of benzene rings is 3. The normalized spacial score (nSPS) is 17.5. The van der Waals surface area contributed by atoms with Crippen LogP contribution in [0.25, 0.3) is 11.0 Å². The lowest BCUT2D eigenvalue weighted by atomic mass is 9.97. The first-order valence-electron chi connectivity index (χ1n) is 13.8. The number of carbonyl (C=O) groups is 2. The second-order valence-corrected chi connectivity index (χ2v) is 14.4. The van der Waals surface area contributed by atoms with E-state index in [9.17, 15) is 58.7 Å². The predicted octanol–water partition coefficient (Wildman–Crippen LogP) is 5.55. The van der Waals surface area contributed by atoms with E-state index in [2.05, 4.69) is 14.8 Å². The lowest BCUT2D eigenvalue weighted by Gasteiger charge is -2.33. The Labute approximate surface area is 279 Å². The van der Waals surface area contributed by atoms with Crippen molar-refractivity contribution < 1.29 is 58.3 Å². The first-order chi connectivity index (χ1) is 23.3. The average Bonchev–Trinajstić information content (AvgIpc) is 3.59. The summed E-state index contributed by atoms with van der Waals surface area (Å²) in [6.07, 6.45) is -12.3. The van der Waals surface area contributed by atoms with Gasteiger partial charge in [-0.05, 0) is 58.4 Å². The van der Waals surface area contributed by atoms with Crippen LogP contribution in [-0.2, 0) is 37.0 Å². The van der Waals surface area contributed by atoms with Crippen molar-refractivity contribution in [2.75, 3.05) is 0 Å². The molecule has 2 atom stereocenters. The summed E-state index contributed by atoms with van der Waals surface area (Å²) in [4.78, 5) is 34.1. The van der Waals surface area contributed by atoms with Gasteiger partial charge in [0.1, 0.15) is 17.1 Å². The van der Waals surface area contributed by atoms with Crippen LogP contribution >= 0.6 is 10.8 Å². The summed E-state index contributed by atoms with van der Waals surface area (Å²) in [5.41, 5.74) is -2.69. The van der Waals surface area contributed by atoms with Gasteiger partial charge in [0.2, 0.25) is 5.91 Å². The SMILES string of the molecule is N#Cc1cc(C[C@@H](c2nc3ccccc3[nH]2)N(OC(=O)C(F)(F)F)S(=O)(=O)c2ccc(C#N)c(C(F)(F)F)c2)ccc1C1CC(=O)NS1(O)O. The zero-order valence-corrected chi connectivity index (χ0v) is 26.3. The zero-order valence-electron chi connectivity index (χ0n) is 24.7. The molecule has 1 aromatic heterocycles. The van der Waals surface area contributed by atoms with Crippen LogP contribution in [0.2, 0.25) is 0 Å². The second-order valence-electron chi connectivity index (χ2n) is 10.7. The minimum absolute atomic E-state index is 0.00408. The summed E-state index contributed by atoms with van der Waals surface area (Å²) in [5.74, 6) is -4.24. The molecule has 1 aliphatic rings. The molecule has 2 heterocycles. The van der Waals surface area contributed by atoms with E-state index in [0.29, 0.717) is 12.1 Å². The van der Waals surface area contributed by atoms with Gasteiger partial charge in [-0.25, -0.2) is 18.2 Å². The van der Waals surface area contributed by atoms with Gasteiger partial charge in [-0.2, -0.15) is 36.9 Å². The van der Waals surface area contributed by atoms with Gasteiger partial charge in [0.25, 0.3) is 10.0 Å². The number of hydrogen-bond donors (Lipinski definition) is 4. The second kappa shape index (κ2) is 12.9. The summed E-state index contributed by atoms with van der Waals surface area (Å²) in [6.45, 7) is 0. The third-order valence-corrected chi connectivity index (χ3v) is 10.8. The number of rotatable bonds is 8. The summed E-state index contributed by atoms with van der Waals surface area (Å²) in [5, 5.41) is 17.8. The molecule has 50 heavy (non-hydrogen) atoms. The van der Waals surface area contributed by atoms with Crippen LogP contribution in [0.3, 0.4) is 0 Å². The third-order valence-electron chi connectivity index (χ3n) is 7.38. The highest BCUT2D eigenvalue weighted by Crippen LogP contribution is 2.56. The molecule has 5 rings (SSSR count). The molecule has 13 nitrogen and oxygen atoms in total. The smallest absolute Gasteiger partial charge is 0.344 e. The fourth-order valence-corrected chi connectivity index (χ4v) is 8.01. The first kappa shape index (κ1) is 36.1. The molecular formula is C29H20F6N6O7S2. The lowest BCUT2D eigenvalue weighted by Crippen LogP contribution is -2.42. The van der Waals surface area contributed by atoms with Gasteiger partial charge in [-0.1, -0.05) is 24.3 Å². The number of sulfonamides is 1. The van der Waals surface area contributed by atoms with Crippen molar-refractivity contribution in [1.29, 1.82) is 10.5 Å². The Kier molecular flexibility index (Phi) is 9.33. The molecule has 1 unspecified atom stereocenters. The fraction of sp³-hybridized carbons (Fsp3) is 0.207. The predicted molar refractivity (Wildman–Crippen MR) is 159 cm³/mol. The van der Waals surface area contributed by atoms with Crippen molar-refractivity contribution in [3.05, 3.63) is 94.3 Å². The Morgan fingerprint density at radius 3 is 2.30 bits per heavy atom. The maximum Gasteiger partial charge on any atom is 0.492 e. The minimum atomic E-state index is -5.81. The van der Waals surface area contributed by atoms with E-state index in [-0.39, 0.29) is 33.8 Å². The molecule has 0 saturated carbocycles. The quantitative estimate of drug-likeness (QED) is 0.131. The molecule has 0 aliphatic carbocycles. The Morgan fingerprint density at radius 1 is 1.04 bits per heavy atom. The highest BCUT2D eigenvalue weighted by Gasteiger charge is 2.48. The summed E-state index contributed by atoms with van der Waals surface area (Å²) in [6, 6.07) is 11.4. The topological polar surface area (TPSA) is 209 Å². The van der Waals surface area contributed by atoms with Crippen molar-refractivity contribution in [1.82, 2.24) is 19.2 Å². The molecule has 0 bridgehead atoms. The number of fused-ring (bicyclic) bond motifs is 1. The number of para-hydroxylation sites is 2. The highest BCUT2D eigenvalue weighted by molar-refractivity contribution is 8.23.